The van der Waals surface area contributed by atoms with Gasteiger partial charge >= 0.3 is 0 Å². The fraction of sp³-hybridized carbons (Fsp3) is 0.333. The van der Waals surface area contributed by atoms with Crippen LogP contribution < -0.4 is 5.59 Å². The van der Waals surface area contributed by atoms with E-state index in [-0.39, 0.29) is 11.9 Å². The van der Waals surface area contributed by atoms with E-state index in [9.17, 15) is 9.18 Å². The van der Waals surface area contributed by atoms with Crippen LogP contribution in [0.2, 0.25) is 0 Å². The van der Waals surface area contributed by atoms with E-state index >= 15 is 0 Å². The summed E-state index contributed by atoms with van der Waals surface area (Å²) < 4.78 is 13.0. The first-order valence-corrected chi connectivity index (χ1v) is 8.59. The summed E-state index contributed by atoms with van der Waals surface area (Å²) in [6.07, 6.45) is 6.93. The van der Waals surface area contributed by atoms with Crippen molar-refractivity contribution in [2.75, 3.05) is 13.1 Å². The zero-order valence-corrected chi connectivity index (χ0v) is 14.4. The minimum absolute atomic E-state index is 0.0923. The molecule has 136 valence electrons. The van der Waals surface area contributed by atoms with Gasteiger partial charge < -0.3 is 14.7 Å². The smallest absolute Gasteiger partial charge is 0.255 e. The molecule has 0 aromatic carbocycles. The van der Waals surface area contributed by atoms with Gasteiger partial charge in [0.05, 0.1) is 23.5 Å². The van der Waals surface area contributed by atoms with Crippen molar-refractivity contribution in [2.45, 2.75) is 25.8 Å². The minimum Gasteiger partial charge on any atom is -0.385 e. The zero-order chi connectivity index (χ0) is 18.1. The second-order valence-electron chi connectivity index (χ2n) is 6.60. The predicted octanol–water partition coefficient (Wildman–Crippen LogP) is 2.21. The third-order valence-corrected chi connectivity index (χ3v) is 4.66. The molecule has 8 heteroatoms. The van der Waals surface area contributed by atoms with Crippen LogP contribution in [0.1, 0.15) is 34.5 Å². The lowest BCUT2D eigenvalue weighted by molar-refractivity contribution is -0.00253. The van der Waals surface area contributed by atoms with Gasteiger partial charge in [-0.15, -0.1) is 0 Å². The topological polar surface area (TPSA) is 73.5 Å². The van der Waals surface area contributed by atoms with Gasteiger partial charge in [0.1, 0.15) is 0 Å². The highest BCUT2D eigenvalue weighted by molar-refractivity contribution is 5.94. The summed E-state index contributed by atoms with van der Waals surface area (Å²) in [4.78, 5) is 26.7. The van der Waals surface area contributed by atoms with E-state index in [0.29, 0.717) is 24.4 Å². The van der Waals surface area contributed by atoms with Gasteiger partial charge in [-0.05, 0) is 43.5 Å². The molecule has 4 rings (SSSR count). The second-order valence-corrected chi connectivity index (χ2v) is 6.60. The van der Waals surface area contributed by atoms with Crippen LogP contribution in [0, 0.1) is 12.9 Å². The molecule has 1 saturated heterocycles. The van der Waals surface area contributed by atoms with E-state index in [1.165, 1.54) is 18.3 Å². The van der Waals surface area contributed by atoms with Crippen LogP contribution in [-0.2, 0) is 4.84 Å². The number of hydrazine groups is 1. The standard InChI is InChI=1S/C18H20FN5O2/c1-12-7-15(20-8-12)16-11-24(22-26-16)14-3-2-6-23(10-14)18(25)13-4-5-17(19)21-9-13/h4-5,7-9,11,14,20,22H,2-3,6,10H2,1H3. The van der Waals surface area contributed by atoms with Gasteiger partial charge in [-0.25, -0.2) is 4.98 Å². The van der Waals surface area contributed by atoms with Crippen LogP contribution >= 0.6 is 0 Å². The lowest BCUT2D eigenvalue weighted by Gasteiger charge is -2.36. The van der Waals surface area contributed by atoms with E-state index in [4.69, 9.17) is 4.84 Å². The number of hydrogen-bond donors (Lipinski definition) is 2. The van der Waals surface area contributed by atoms with Crippen molar-refractivity contribution >= 4 is 11.7 Å². The molecule has 0 spiro atoms. The Morgan fingerprint density at radius 3 is 3.04 bits per heavy atom. The third kappa shape index (κ3) is 3.28. The number of piperidine rings is 1. The summed E-state index contributed by atoms with van der Waals surface area (Å²) in [6, 6.07) is 4.78. The van der Waals surface area contributed by atoms with Crippen LogP contribution in [0.25, 0.3) is 5.76 Å². The molecule has 4 heterocycles. The SMILES string of the molecule is Cc1c[nH]c(C2=CN(C3CCCN(C(=O)c4ccc(F)nc4)C3)NO2)c1. The maximum absolute atomic E-state index is 13.0. The lowest BCUT2D eigenvalue weighted by Crippen LogP contribution is -2.50. The summed E-state index contributed by atoms with van der Waals surface area (Å²) in [6.45, 7) is 3.24. The highest BCUT2D eigenvalue weighted by Crippen LogP contribution is 2.24. The summed E-state index contributed by atoms with van der Waals surface area (Å²) in [5.74, 6) is -0.00972. The van der Waals surface area contributed by atoms with Crippen molar-refractivity contribution in [1.82, 2.24) is 25.5 Å². The third-order valence-electron chi connectivity index (χ3n) is 4.66. The van der Waals surface area contributed by atoms with E-state index < -0.39 is 5.95 Å². The number of likely N-dealkylation sites (tertiary alicyclic amines) is 1. The molecule has 0 bridgehead atoms. The maximum Gasteiger partial charge on any atom is 0.255 e. The highest BCUT2D eigenvalue weighted by Gasteiger charge is 2.30. The number of carbonyl (C=O) groups is 1. The van der Waals surface area contributed by atoms with Gasteiger partial charge in [0.15, 0.2) is 5.76 Å². The van der Waals surface area contributed by atoms with Crippen molar-refractivity contribution < 1.29 is 14.0 Å². The molecule has 2 aliphatic rings. The number of carbonyl (C=O) groups excluding carboxylic acids is 1. The minimum atomic E-state index is -0.589. The molecular weight excluding hydrogens is 337 g/mol. The monoisotopic (exact) mass is 357 g/mol. The molecule has 26 heavy (non-hydrogen) atoms. The fourth-order valence-corrected chi connectivity index (χ4v) is 3.28. The van der Waals surface area contributed by atoms with Gasteiger partial charge in [-0.3, -0.25) is 9.80 Å². The Labute approximate surface area is 150 Å². The van der Waals surface area contributed by atoms with Gasteiger partial charge in [-0.1, -0.05) is 5.59 Å². The largest absolute Gasteiger partial charge is 0.385 e. The van der Waals surface area contributed by atoms with Crippen molar-refractivity contribution in [3.63, 3.8) is 0 Å². The number of aryl methyl sites for hydroxylation is 1. The number of pyridine rings is 1. The Hall–Kier alpha value is -2.87. The first kappa shape index (κ1) is 16.6. The number of amides is 1. The molecule has 1 unspecified atom stereocenters. The Morgan fingerprint density at radius 2 is 2.31 bits per heavy atom. The molecule has 7 nitrogen and oxygen atoms in total. The Kier molecular flexibility index (Phi) is 4.34. The first-order valence-electron chi connectivity index (χ1n) is 8.59. The lowest BCUT2D eigenvalue weighted by atomic mass is 10.0. The number of nitrogens with one attached hydrogen (secondary N) is 2. The van der Waals surface area contributed by atoms with Crippen molar-refractivity contribution in [1.29, 1.82) is 0 Å². The summed E-state index contributed by atoms with van der Waals surface area (Å²) in [7, 11) is 0. The van der Waals surface area contributed by atoms with E-state index in [1.54, 1.807) is 4.90 Å². The number of halogens is 1. The summed E-state index contributed by atoms with van der Waals surface area (Å²) in [5, 5.41) is 1.90. The average molecular weight is 357 g/mol. The van der Waals surface area contributed by atoms with Gasteiger partial charge in [0, 0.05) is 25.5 Å². The zero-order valence-electron chi connectivity index (χ0n) is 14.4. The van der Waals surface area contributed by atoms with Gasteiger partial charge in [0.2, 0.25) is 5.95 Å². The number of rotatable bonds is 3. The first-order chi connectivity index (χ1) is 12.6. The Bertz CT molecular complexity index is 832. The molecule has 0 aliphatic carbocycles. The highest BCUT2D eigenvalue weighted by atomic mass is 19.1. The van der Waals surface area contributed by atoms with Crippen LogP contribution in [0.15, 0.2) is 36.8 Å². The van der Waals surface area contributed by atoms with Crippen molar-refractivity contribution in [2.24, 2.45) is 0 Å². The molecule has 0 radical (unpaired) electrons. The molecule has 2 aromatic rings. The molecule has 1 atom stereocenters. The van der Waals surface area contributed by atoms with Gasteiger partial charge in [0.25, 0.3) is 5.91 Å². The second kappa shape index (κ2) is 6.80. The quantitative estimate of drug-likeness (QED) is 0.824. The van der Waals surface area contributed by atoms with Crippen LogP contribution in [0.4, 0.5) is 4.39 Å². The number of aromatic nitrogens is 2. The summed E-state index contributed by atoms with van der Waals surface area (Å²) in [5.41, 5.74) is 5.34. The van der Waals surface area contributed by atoms with Gasteiger partial charge in [-0.2, -0.15) is 4.39 Å². The van der Waals surface area contributed by atoms with E-state index in [1.807, 2.05) is 30.4 Å². The molecule has 0 saturated carbocycles. The molecule has 2 aliphatic heterocycles. The Balaban J connectivity index is 1.44. The van der Waals surface area contributed by atoms with Crippen LogP contribution in [0.3, 0.4) is 0 Å². The molecule has 2 aromatic heterocycles. The maximum atomic E-state index is 13.0. The molecular formula is C18H20FN5O2. The average Bonchev–Trinajstić information content (AvgIpc) is 3.31. The van der Waals surface area contributed by atoms with Crippen molar-refractivity contribution in [3.8, 4) is 0 Å². The molecule has 1 amide bonds. The molecule has 2 N–H and O–H groups in total. The number of aromatic amines is 1. The number of nitrogens with zero attached hydrogens (tertiary/aromatic N) is 3. The fourth-order valence-electron chi connectivity index (χ4n) is 3.28. The van der Waals surface area contributed by atoms with E-state index in [2.05, 4.69) is 15.6 Å². The Morgan fingerprint density at radius 1 is 1.42 bits per heavy atom. The summed E-state index contributed by atoms with van der Waals surface area (Å²) >= 11 is 0. The number of H-pyrrole nitrogens is 1. The van der Waals surface area contributed by atoms with Crippen molar-refractivity contribution in [3.05, 3.63) is 59.6 Å². The van der Waals surface area contributed by atoms with Crippen LogP contribution in [0.5, 0.6) is 0 Å². The molecule has 1 fully saturated rings. The normalized spacial score (nSPS) is 20.1. The van der Waals surface area contributed by atoms with E-state index in [0.717, 1.165) is 24.1 Å². The van der Waals surface area contributed by atoms with Crippen LogP contribution in [-0.4, -0.2) is 44.9 Å². The number of hydrogen-bond acceptors (Lipinski definition) is 5. The predicted molar refractivity (Wildman–Crippen MR) is 92.7 cm³/mol.